The molecule has 0 aliphatic carbocycles. The van der Waals surface area contributed by atoms with Crippen LogP contribution in [-0.2, 0) is 10.0 Å². The van der Waals surface area contributed by atoms with Crippen LogP contribution in [0.15, 0.2) is 53.4 Å². The summed E-state index contributed by atoms with van der Waals surface area (Å²) in [5.41, 5.74) is 1.08. The van der Waals surface area contributed by atoms with Crippen molar-refractivity contribution in [3.63, 3.8) is 0 Å². The maximum Gasteiger partial charge on any atom is 0.335 e. The molecule has 1 fully saturated rings. The molecule has 25 heavy (non-hydrogen) atoms. The van der Waals surface area contributed by atoms with E-state index in [0.29, 0.717) is 13.0 Å². The smallest absolute Gasteiger partial charge is 0.335 e. The number of sulfonamides is 1. The van der Waals surface area contributed by atoms with Crippen molar-refractivity contribution in [2.24, 2.45) is 0 Å². The van der Waals surface area contributed by atoms with E-state index < -0.39 is 21.8 Å². The summed E-state index contributed by atoms with van der Waals surface area (Å²) < 4.78 is 40.7. The molecule has 132 valence electrons. The molecule has 1 saturated heterocycles. The Morgan fingerprint density at radius 2 is 1.80 bits per heavy atom. The number of rotatable bonds is 4. The molecule has 1 N–H and O–H groups in total. The number of piperidine rings is 1. The summed E-state index contributed by atoms with van der Waals surface area (Å²) in [7, 11) is -3.89. The second-order valence-corrected chi connectivity index (χ2v) is 7.97. The lowest BCUT2D eigenvalue weighted by Gasteiger charge is -2.32. The van der Waals surface area contributed by atoms with Crippen molar-refractivity contribution < 1.29 is 22.7 Å². The van der Waals surface area contributed by atoms with E-state index in [1.165, 1.54) is 34.6 Å². The largest absolute Gasteiger partial charge is 0.478 e. The average molecular weight is 363 g/mol. The summed E-state index contributed by atoms with van der Waals surface area (Å²) in [5, 5.41) is 8.96. The molecule has 0 unspecified atom stereocenters. The van der Waals surface area contributed by atoms with Gasteiger partial charge in [-0.05, 0) is 48.6 Å². The molecule has 1 atom stereocenters. The van der Waals surface area contributed by atoms with Crippen LogP contribution in [0.5, 0.6) is 0 Å². The molecule has 7 heteroatoms. The van der Waals surface area contributed by atoms with Crippen LogP contribution in [0.2, 0.25) is 0 Å². The number of hydrogen-bond acceptors (Lipinski definition) is 3. The highest BCUT2D eigenvalue weighted by Gasteiger charge is 2.32. The predicted molar refractivity (Wildman–Crippen MR) is 90.5 cm³/mol. The highest BCUT2D eigenvalue weighted by Crippen LogP contribution is 2.31. The molecule has 3 rings (SSSR count). The van der Waals surface area contributed by atoms with Gasteiger partial charge >= 0.3 is 5.97 Å². The van der Waals surface area contributed by atoms with Gasteiger partial charge in [0.25, 0.3) is 0 Å². The van der Waals surface area contributed by atoms with E-state index in [0.717, 1.165) is 18.1 Å². The highest BCUT2D eigenvalue weighted by atomic mass is 32.2. The standard InChI is InChI=1S/C18H18FNO4S/c19-16-5-1-2-6-17(16)25(23,24)20-11-3-4-15(12-20)13-7-9-14(10-8-13)18(21)22/h1-2,5-10,15H,3-4,11-12H2,(H,21,22)/t15-/m1/s1. The Hall–Kier alpha value is -2.25. The SMILES string of the molecule is O=C(O)c1ccc([C@@H]2CCCN(S(=O)(=O)c3ccccc3F)C2)cc1. The van der Waals surface area contributed by atoms with E-state index in [-0.39, 0.29) is 22.9 Å². The van der Waals surface area contributed by atoms with Gasteiger partial charge in [0.1, 0.15) is 10.7 Å². The summed E-state index contributed by atoms with van der Waals surface area (Å²) in [6.45, 7) is 0.601. The first-order chi connectivity index (χ1) is 11.9. The average Bonchev–Trinajstić information content (AvgIpc) is 2.62. The van der Waals surface area contributed by atoms with Crippen molar-refractivity contribution in [2.75, 3.05) is 13.1 Å². The number of carbonyl (C=O) groups is 1. The fourth-order valence-electron chi connectivity index (χ4n) is 3.12. The fourth-order valence-corrected chi connectivity index (χ4v) is 4.71. The van der Waals surface area contributed by atoms with E-state index in [2.05, 4.69) is 0 Å². The Morgan fingerprint density at radius 1 is 1.12 bits per heavy atom. The van der Waals surface area contributed by atoms with Gasteiger partial charge in [0, 0.05) is 13.1 Å². The van der Waals surface area contributed by atoms with Crippen molar-refractivity contribution in [3.8, 4) is 0 Å². The van der Waals surface area contributed by atoms with Crippen LogP contribution in [0.1, 0.15) is 34.7 Å². The monoisotopic (exact) mass is 363 g/mol. The first-order valence-corrected chi connectivity index (χ1v) is 9.41. The summed E-state index contributed by atoms with van der Waals surface area (Å²) in [6, 6.07) is 11.8. The van der Waals surface area contributed by atoms with Gasteiger partial charge < -0.3 is 5.11 Å². The van der Waals surface area contributed by atoms with Crippen LogP contribution in [-0.4, -0.2) is 36.9 Å². The second kappa shape index (κ2) is 6.93. The number of nitrogens with zero attached hydrogens (tertiary/aromatic N) is 1. The minimum absolute atomic E-state index is 0.0434. The molecule has 0 aromatic heterocycles. The number of benzene rings is 2. The third-order valence-electron chi connectivity index (χ3n) is 4.47. The first-order valence-electron chi connectivity index (χ1n) is 7.97. The van der Waals surface area contributed by atoms with Gasteiger partial charge in [-0.1, -0.05) is 24.3 Å². The summed E-state index contributed by atoms with van der Waals surface area (Å²) in [4.78, 5) is 10.6. The molecule has 0 bridgehead atoms. The summed E-state index contributed by atoms with van der Waals surface area (Å²) >= 11 is 0. The molecule has 1 aliphatic rings. The Balaban J connectivity index is 1.83. The van der Waals surface area contributed by atoms with E-state index in [4.69, 9.17) is 5.11 Å². The third-order valence-corrected chi connectivity index (χ3v) is 6.37. The van der Waals surface area contributed by atoms with E-state index in [1.807, 2.05) is 0 Å². The third kappa shape index (κ3) is 3.57. The zero-order chi connectivity index (χ0) is 18.0. The molecule has 0 saturated carbocycles. The first kappa shape index (κ1) is 17.6. The van der Waals surface area contributed by atoms with Gasteiger partial charge in [-0.15, -0.1) is 0 Å². The van der Waals surface area contributed by atoms with Crippen LogP contribution in [0.4, 0.5) is 4.39 Å². The Labute approximate surface area is 145 Å². The van der Waals surface area contributed by atoms with Gasteiger partial charge in [-0.2, -0.15) is 4.31 Å². The lowest BCUT2D eigenvalue weighted by molar-refractivity contribution is 0.0697. The number of halogens is 1. The van der Waals surface area contributed by atoms with Gasteiger partial charge in [0.05, 0.1) is 5.56 Å². The van der Waals surface area contributed by atoms with Crippen molar-refractivity contribution in [1.82, 2.24) is 4.31 Å². The van der Waals surface area contributed by atoms with E-state index in [9.17, 15) is 17.6 Å². The van der Waals surface area contributed by atoms with Crippen LogP contribution in [0.25, 0.3) is 0 Å². The number of carboxylic acids is 1. The van der Waals surface area contributed by atoms with Crippen LogP contribution in [0.3, 0.4) is 0 Å². The number of aromatic carboxylic acids is 1. The van der Waals surface area contributed by atoms with Gasteiger partial charge in [-0.3, -0.25) is 0 Å². The molecule has 0 radical (unpaired) electrons. The van der Waals surface area contributed by atoms with E-state index in [1.54, 1.807) is 12.1 Å². The number of carboxylic acid groups (broad SMARTS) is 1. The van der Waals surface area contributed by atoms with Crippen LogP contribution in [0, 0.1) is 5.82 Å². The Bertz CT molecular complexity index is 880. The molecule has 5 nitrogen and oxygen atoms in total. The van der Waals surface area contributed by atoms with E-state index >= 15 is 0 Å². The topological polar surface area (TPSA) is 74.7 Å². The maximum atomic E-state index is 13.9. The van der Waals surface area contributed by atoms with Crippen molar-refractivity contribution in [1.29, 1.82) is 0 Å². The highest BCUT2D eigenvalue weighted by molar-refractivity contribution is 7.89. The summed E-state index contributed by atoms with van der Waals surface area (Å²) in [5.74, 6) is -1.80. The second-order valence-electron chi connectivity index (χ2n) is 6.06. The number of hydrogen-bond donors (Lipinski definition) is 1. The molecule has 1 heterocycles. The molecular formula is C18H18FNO4S. The van der Waals surface area contributed by atoms with Crippen LogP contribution < -0.4 is 0 Å². The van der Waals surface area contributed by atoms with Gasteiger partial charge in [-0.25, -0.2) is 17.6 Å². The lowest BCUT2D eigenvalue weighted by Crippen LogP contribution is -2.39. The Kier molecular flexibility index (Phi) is 4.87. The molecule has 2 aromatic carbocycles. The van der Waals surface area contributed by atoms with Crippen molar-refractivity contribution >= 4 is 16.0 Å². The quantitative estimate of drug-likeness (QED) is 0.906. The molecular weight excluding hydrogens is 345 g/mol. The zero-order valence-electron chi connectivity index (χ0n) is 13.4. The summed E-state index contributed by atoms with van der Waals surface area (Å²) in [6.07, 6.45) is 1.47. The predicted octanol–water partition coefficient (Wildman–Crippen LogP) is 3.09. The van der Waals surface area contributed by atoms with Crippen molar-refractivity contribution in [2.45, 2.75) is 23.7 Å². The molecule has 0 spiro atoms. The Morgan fingerprint density at radius 3 is 2.44 bits per heavy atom. The zero-order valence-corrected chi connectivity index (χ0v) is 14.2. The normalized spacial score (nSPS) is 18.8. The van der Waals surface area contributed by atoms with Crippen LogP contribution >= 0.6 is 0 Å². The maximum absolute atomic E-state index is 13.9. The fraction of sp³-hybridized carbons (Fsp3) is 0.278. The molecule has 1 aliphatic heterocycles. The lowest BCUT2D eigenvalue weighted by atomic mass is 9.91. The molecule has 0 amide bonds. The minimum atomic E-state index is -3.89. The van der Waals surface area contributed by atoms with Gasteiger partial charge in [0.15, 0.2) is 0 Å². The minimum Gasteiger partial charge on any atom is -0.478 e. The van der Waals surface area contributed by atoms with Crippen molar-refractivity contribution in [3.05, 3.63) is 65.5 Å². The molecule has 2 aromatic rings. The van der Waals surface area contributed by atoms with Gasteiger partial charge in [0.2, 0.25) is 10.0 Å².